The number of carbonyl (C=O) groups is 1. The largest absolute Gasteiger partial charge is 0.444 e. The number of pyridine rings is 1. The molecule has 13 heavy (non-hydrogen) atoms. The van der Waals surface area contributed by atoms with Gasteiger partial charge in [0.05, 0.1) is 0 Å². The number of nitrogens with zero attached hydrogens (tertiary/aromatic N) is 1. The number of aromatic nitrogens is 1. The lowest BCUT2D eigenvalue weighted by Crippen LogP contribution is -1.95. The van der Waals surface area contributed by atoms with Crippen molar-refractivity contribution in [3.05, 3.63) is 36.2 Å². The number of hydrogen-bond acceptors (Lipinski definition) is 3. The lowest BCUT2D eigenvalue weighted by Gasteiger charge is -2.02. The van der Waals surface area contributed by atoms with Crippen LogP contribution in [-0.4, -0.2) is 10.8 Å². The van der Waals surface area contributed by atoms with Crippen LogP contribution < -0.4 is 4.74 Å². The fourth-order valence-electron chi connectivity index (χ4n) is 0.888. The van der Waals surface area contributed by atoms with E-state index in [9.17, 15) is 4.79 Å². The van der Waals surface area contributed by atoms with E-state index in [0.717, 1.165) is 0 Å². The van der Waals surface area contributed by atoms with Crippen molar-refractivity contribution >= 4 is 5.78 Å². The number of rotatable bonds is 3. The van der Waals surface area contributed by atoms with Gasteiger partial charge in [-0.05, 0) is 19.9 Å². The highest BCUT2D eigenvalue weighted by Gasteiger charge is 1.95. The first-order valence-electron chi connectivity index (χ1n) is 3.96. The normalized spacial score (nSPS) is 11.1. The van der Waals surface area contributed by atoms with Crippen molar-refractivity contribution in [3.8, 4) is 5.88 Å². The number of ketones is 1. The van der Waals surface area contributed by atoms with E-state index in [2.05, 4.69) is 4.98 Å². The van der Waals surface area contributed by atoms with Gasteiger partial charge < -0.3 is 4.74 Å². The fourth-order valence-corrected chi connectivity index (χ4v) is 0.888. The van der Waals surface area contributed by atoms with E-state index >= 15 is 0 Å². The van der Waals surface area contributed by atoms with Crippen LogP contribution in [0.25, 0.3) is 0 Å². The maximum absolute atomic E-state index is 10.7. The minimum Gasteiger partial charge on any atom is -0.444 e. The molecular formula is C10H11NO2. The van der Waals surface area contributed by atoms with Crippen LogP contribution in [0.1, 0.15) is 13.8 Å². The van der Waals surface area contributed by atoms with Crippen molar-refractivity contribution in [2.75, 3.05) is 0 Å². The second-order valence-electron chi connectivity index (χ2n) is 2.64. The van der Waals surface area contributed by atoms with Crippen molar-refractivity contribution in [3.63, 3.8) is 0 Å². The third kappa shape index (κ3) is 3.51. The average molecular weight is 177 g/mol. The Labute approximate surface area is 77.1 Å². The molecule has 0 aromatic carbocycles. The molecule has 0 atom stereocenters. The first-order valence-corrected chi connectivity index (χ1v) is 3.96. The molecule has 68 valence electrons. The summed E-state index contributed by atoms with van der Waals surface area (Å²) in [7, 11) is 0. The summed E-state index contributed by atoms with van der Waals surface area (Å²) in [6.07, 6.45) is 3.06. The van der Waals surface area contributed by atoms with Crippen LogP contribution in [0.5, 0.6) is 5.88 Å². The minimum atomic E-state index is -0.0339. The van der Waals surface area contributed by atoms with Gasteiger partial charge in [0.2, 0.25) is 5.88 Å². The molecule has 1 rings (SSSR count). The van der Waals surface area contributed by atoms with Gasteiger partial charge in [0.15, 0.2) is 5.78 Å². The molecule has 0 bridgehead atoms. The topological polar surface area (TPSA) is 39.2 Å². The maximum Gasteiger partial charge on any atom is 0.218 e. The zero-order chi connectivity index (χ0) is 9.68. The van der Waals surface area contributed by atoms with Crippen LogP contribution in [0.4, 0.5) is 0 Å². The summed E-state index contributed by atoms with van der Waals surface area (Å²) in [4.78, 5) is 14.6. The van der Waals surface area contributed by atoms with Gasteiger partial charge in [0, 0.05) is 18.3 Å². The van der Waals surface area contributed by atoms with Gasteiger partial charge in [0.1, 0.15) is 5.76 Å². The lowest BCUT2D eigenvalue weighted by molar-refractivity contribution is -0.112. The number of hydrogen-bond donors (Lipinski definition) is 0. The van der Waals surface area contributed by atoms with Crippen molar-refractivity contribution in [1.29, 1.82) is 0 Å². The summed E-state index contributed by atoms with van der Waals surface area (Å²) in [5.41, 5.74) is 0. The zero-order valence-electron chi connectivity index (χ0n) is 7.65. The number of carbonyl (C=O) groups excluding carboxylic acids is 1. The van der Waals surface area contributed by atoms with Crippen LogP contribution in [-0.2, 0) is 4.79 Å². The first kappa shape index (κ1) is 9.45. The summed E-state index contributed by atoms with van der Waals surface area (Å²) in [6.45, 7) is 3.20. The van der Waals surface area contributed by atoms with Gasteiger partial charge in [0.25, 0.3) is 0 Å². The quantitative estimate of drug-likeness (QED) is 0.523. The van der Waals surface area contributed by atoms with Crippen LogP contribution in [0, 0.1) is 0 Å². The van der Waals surface area contributed by atoms with E-state index in [4.69, 9.17) is 4.74 Å². The second-order valence-corrected chi connectivity index (χ2v) is 2.64. The number of allylic oxidation sites excluding steroid dienone is 2. The highest BCUT2D eigenvalue weighted by Crippen LogP contribution is 2.07. The molecule has 0 fully saturated rings. The standard InChI is InChI=1S/C10H11NO2/c1-8(12)7-9(2)13-10-5-3-4-6-11-10/h3-7H,1-2H3/b9-7+. The first-order chi connectivity index (χ1) is 6.18. The van der Waals surface area contributed by atoms with Gasteiger partial charge in [-0.2, -0.15) is 0 Å². The average Bonchev–Trinajstić information content (AvgIpc) is 2.04. The predicted octanol–water partition coefficient (Wildman–Crippen LogP) is 1.95. The molecular weight excluding hydrogens is 166 g/mol. The molecule has 0 aliphatic heterocycles. The second kappa shape index (κ2) is 4.40. The van der Waals surface area contributed by atoms with Crippen LogP contribution in [0.15, 0.2) is 36.2 Å². The van der Waals surface area contributed by atoms with Crippen molar-refractivity contribution in [2.24, 2.45) is 0 Å². The summed E-state index contributed by atoms with van der Waals surface area (Å²) < 4.78 is 5.25. The highest BCUT2D eigenvalue weighted by atomic mass is 16.5. The molecule has 1 heterocycles. The maximum atomic E-state index is 10.7. The Kier molecular flexibility index (Phi) is 3.20. The Bertz CT molecular complexity index is 317. The summed E-state index contributed by atoms with van der Waals surface area (Å²) in [5, 5.41) is 0. The van der Waals surface area contributed by atoms with Crippen molar-refractivity contribution < 1.29 is 9.53 Å². The third-order valence-electron chi connectivity index (χ3n) is 1.31. The van der Waals surface area contributed by atoms with Crippen LogP contribution in [0.3, 0.4) is 0 Å². The van der Waals surface area contributed by atoms with Crippen LogP contribution >= 0.6 is 0 Å². The molecule has 0 aliphatic carbocycles. The third-order valence-corrected chi connectivity index (χ3v) is 1.31. The Balaban J connectivity index is 2.65. The minimum absolute atomic E-state index is 0.0339. The molecule has 0 spiro atoms. The van der Waals surface area contributed by atoms with E-state index in [1.165, 1.54) is 13.0 Å². The molecule has 3 heteroatoms. The predicted molar refractivity (Wildman–Crippen MR) is 49.3 cm³/mol. The van der Waals surface area contributed by atoms with E-state index in [1.807, 2.05) is 6.07 Å². The van der Waals surface area contributed by atoms with E-state index in [-0.39, 0.29) is 5.78 Å². The molecule has 0 saturated carbocycles. The Hall–Kier alpha value is -1.64. The van der Waals surface area contributed by atoms with E-state index < -0.39 is 0 Å². The Morgan fingerprint density at radius 2 is 2.23 bits per heavy atom. The van der Waals surface area contributed by atoms with Gasteiger partial charge >= 0.3 is 0 Å². The van der Waals surface area contributed by atoms with Gasteiger partial charge in [-0.3, -0.25) is 4.79 Å². The van der Waals surface area contributed by atoms with Gasteiger partial charge in [-0.15, -0.1) is 0 Å². The van der Waals surface area contributed by atoms with Crippen molar-refractivity contribution in [2.45, 2.75) is 13.8 Å². The number of ether oxygens (including phenoxy) is 1. The van der Waals surface area contributed by atoms with Gasteiger partial charge in [-0.25, -0.2) is 4.98 Å². The lowest BCUT2D eigenvalue weighted by atomic mass is 10.4. The van der Waals surface area contributed by atoms with Crippen molar-refractivity contribution in [1.82, 2.24) is 4.98 Å². The molecule has 0 N–H and O–H groups in total. The summed E-state index contributed by atoms with van der Waals surface area (Å²) >= 11 is 0. The molecule has 0 amide bonds. The molecule has 0 unspecified atom stereocenters. The zero-order valence-corrected chi connectivity index (χ0v) is 7.65. The molecule has 0 radical (unpaired) electrons. The molecule has 1 aromatic rings. The van der Waals surface area contributed by atoms with Crippen LogP contribution in [0.2, 0.25) is 0 Å². The SMILES string of the molecule is CC(=O)/C=C(\C)Oc1ccccn1. The van der Waals surface area contributed by atoms with Gasteiger partial charge in [-0.1, -0.05) is 6.07 Å². The monoisotopic (exact) mass is 177 g/mol. The summed E-state index contributed by atoms with van der Waals surface area (Å²) in [6, 6.07) is 5.36. The fraction of sp³-hybridized carbons (Fsp3) is 0.200. The van der Waals surface area contributed by atoms with E-state index in [0.29, 0.717) is 11.6 Å². The Morgan fingerprint density at radius 1 is 1.46 bits per heavy atom. The summed E-state index contributed by atoms with van der Waals surface area (Å²) in [5.74, 6) is 1.01. The molecule has 0 aliphatic rings. The molecule has 0 saturated heterocycles. The molecule has 3 nitrogen and oxygen atoms in total. The highest BCUT2D eigenvalue weighted by molar-refractivity contribution is 5.87. The van der Waals surface area contributed by atoms with E-state index in [1.54, 1.807) is 25.3 Å². The molecule has 1 aromatic heterocycles. The smallest absolute Gasteiger partial charge is 0.218 e. The Morgan fingerprint density at radius 3 is 2.77 bits per heavy atom.